The minimum absolute atomic E-state index is 0.0207. The number of imidazole rings is 1. The van der Waals surface area contributed by atoms with Crippen LogP contribution in [0.4, 0.5) is 0 Å². The van der Waals surface area contributed by atoms with Crippen LogP contribution in [0.2, 0.25) is 0 Å². The highest BCUT2D eigenvalue weighted by Gasteiger charge is 2.28. The standard InChI is InChI=1S/C18H18N6O2S/c1-12-4-2-3-5-14(12)27(25,26)18-15-16(13-6-7-20-17(13)22-18)24(11-21-15)23-9-8-19-10-23/h2-7,11,19H,8-10H2,1H3,(H,20,22). The van der Waals surface area contributed by atoms with Crippen LogP contribution in [0.3, 0.4) is 0 Å². The molecule has 0 saturated carbocycles. The second kappa shape index (κ2) is 5.80. The van der Waals surface area contributed by atoms with Crippen molar-refractivity contribution in [3.8, 4) is 0 Å². The molecule has 138 valence electrons. The van der Waals surface area contributed by atoms with E-state index in [0.29, 0.717) is 23.4 Å². The first-order chi connectivity index (χ1) is 13.1. The van der Waals surface area contributed by atoms with Crippen molar-refractivity contribution in [1.82, 2.24) is 24.9 Å². The number of hydrogen-bond donors (Lipinski definition) is 2. The number of benzene rings is 1. The molecule has 0 atom stereocenters. The molecule has 1 aliphatic rings. The van der Waals surface area contributed by atoms with Gasteiger partial charge in [0, 0.05) is 24.7 Å². The minimum Gasteiger partial charge on any atom is -0.346 e. The van der Waals surface area contributed by atoms with Gasteiger partial charge in [-0.3, -0.25) is 10.3 Å². The number of aromatic amines is 1. The van der Waals surface area contributed by atoms with E-state index in [-0.39, 0.29) is 9.92 Å². The summed E-state index contributed by atoms with van der Waals surface area (Å²) in [5.74, 6) is 0. The molecule has 1 aromatic carbocycles. The maximum absolute atomic E-state index is 13.4. The number of aromatic nitrogens is 4. The van der Waals surface area contributed by atoms with Gasteiger partial charge in [-0.2, -0.15) is 0 Å². The summed E-state index contributed by atoms with van der Waals surface area (Å²) in [5.41, 5.74) is 2.35. The zero-order valence-corrected chi connectivity index (χ0v) is 15.5. The fraction of sp³-hybridized carbons (Fsp3) is 0.222. The summed E-state index contributed by atoms with van der Waals surface area (Å²) in [4.78, 5) is 12.2. The number of nitrogens with one attached hydrogen (secondary N) is 2. The molecule has 0 amide bonds. The van der Waals surface area contributed by atoms with Gasteiger partial charge in [0.2, 0.25) is 9.84 Å². The van der Waals surface area contributed by atoms with Crippen LogP contribution in [0.25, 0.3) is 22.1 Å². The van der Waals surface area contributed by atoms with Gasteiger partial charge in [-0.25, -0.2) is 23.1 Å². The maximum Gasteiger partial charge on any atom is 0.226 e. The summed E-state index contributed by atoms with van der Waals surface area (Å²) < 4.78 is 28.7. The molecule has 1 aliphatic heterocycles. The van der Waals surface area contributed by atoms with E-state index in [1.165, 1.54) is 0 Å². The van der Waals surface area contributed by atoms with Crippen molar-refractivity contribution in [2.24, 2.45) is 0 Å². The van der Waals surface area contributed by atoms with E-state index in [4.69, 9.17) is 0 Å². The van der Waals surface area contributed by atoms with Crippen molar-refractivity contribution >= 4 is 31.9 Å². The van der Waals surface area contributed by atoms with Gasteiger partial charge in [0.25, 0.3) is 0 Å². The molecule has 4 aromatic rings. The Morgan fingerprint density at radius 3 is 2.81 bits per heavy atom. The topological polar surface area (TPSA) is 95.9 Å². The average molecular weight is 382 g/mol. The van der Waals surface area contributed by atoms with Crippen LogP contribution in [0, 0.1) is 6.92 Å². The Kier molecular flexibility index (Phi) is 3.49. The van der Waals surface area contributed by atoms with E-state index in [1.54, 1.807) is 37.6 Å². The third kappa shape index (κ3) is 2.35. The molecule has 5 rings (SSSR count). The monoisotopic (exact) mass is 382 g/mol. The van der Waals surface area contributed by atoms with Crippen LogP contribution in [0.5, 0.6) is 0 Å². The van der Waals surface area contributed by atoms with E-state index >= 15 is 0 Å². The van der Waals surface area contributed by atoms with Crippen LogP contribution in [-0.4, -0.2) is 47.8 Å². The van der Waals surface area contributed by atoms with Crippen LogP contribution < -0.4 is 10.3 Å². The highest BCUT2D eigenvalue weighted by Crippen LogP contribution is 2.32. The highest BCUT2D eigenvalue weighted by molar-refractivity contribution is 7.91. The molecule has 0 bridgehead atoms. The third-order valence-corrected chi connectivity index (χ3v) is 6.76. The summed E-state index contributed by atoms with van der Waals surface area (Å²) >= 11 is 0. The molecular weight excluding hydrogens is 364 g/mol. The smallest absolute Gasteiger partial charge is 0.226 e. The van der Waals surface area contributed by atoms with E-state index in [9.17, 15) is 8.42 Å². The molecule has 9 heteroatoms. The fourth-order valence-electron chi connectivity index (χ4n) is 3.59. The van der Waals surface area contributed by atoms with Crippen molar-refractivity contribution in [3.05, 3.63) is 48.4 Å². The molecule has 0 aliphatic carbocycles. The molecule has 1 saturated heterocycles. The van der Waals surface area contributed by atoms with Gasteiger partial charge in [-0.05, 0) is 24.6 Å². The van der Waals surface area contributed by atoms with Crippen molar-refractivity contribution < 1.29 is 8.42 Å². The Labute approximate surface area is 155 Å². The van der Waals surface area contributed by atoms with Crippen LogP contribution in [-0.2, 0) is 9.84 Å². The molecule has 3 aromatic heterocycles. The number of sulfone groups is 1. The number of H-pyrrole nitrogens is 1. The first-order valence-corrected chi connectivity index (χ1v) is 10.2. The summed E-state index contributed by atoms with van der Waals surface area (Å²) in [6.07, 6.45) is 3.43. The number of fused-ring (bicyclic) bond motifs is 3. The van der Waals surface area contributed by atoms with Crippen molar-refractivity contribution in [3.63, 3.8) is 0 Å². The zero-order chi connectivity index (χ0) is 18.6. The Hall–Kier alpha value is -2.91. The van der Waals surface area contributed by atoms with Crippen LogP contribution in [0.15, 0.2) is 52.8 Å². The summed E-state index contributed by atoms with van der Waals surface area (Å²) in [5, 5.41) is 6.20. The number of hydrogen-bond acceptors (Lipinski definition) is 6. The maximum atomic E-state index is 13.4. The molecule has 0 radical (unpaired) electrons. The SMILES string of the molecule is Cc1ccccc1S(=O)(=O)c1nc2[nH]ccc2c2c1ncn2N1CCNC1. The molecule has 0 unspecified atom stereocenters. The van der Waals surface area contributed by atoms with Gasteiger partial charge in [0.15, 0.2) is 5.03 Å². The largest absolute Gasteiger partial charge is 0.346 e. The summed E-state index contributed by atoms with van der Waals surface area (Å²) in [7, 11) is -3.82. The second-order valence-electron chi connectivity index (χ2n) is 6.60. The molecule has 2 N–H and O–H groups in total. The first kappa shape index (κ1) is 16.3. The van der Waals surface area contributed by atoms with E-state index in [1.807, 2.05) is 16.8 Å². The Morgan fingerprint density at radius 2 is 2.04 bits per heavy atom. The molecule has 4 heterocycles. The fourth-order valence-corrected chi connectivity index (χ4v) is 5.16. The predicted molar refractivity (Wildman–Crippen MR) is 102 cm³/mol. The number of rotatable bonds is 3. The molecule has 27 heavy (non-hydrogen) atoms. The Balaban J connectivity index is 1.84. The van der Waals surface area contributed by atoms with Gasteiger partial charge in [-0.1, -0.05) is 18.2 Å². The second-order valence-corrected chi connectivity index (χ2v) is 8.43. The number of aryl methyl sites for hydroxylation is 1. The first-order valence-electron chi connectivity index (χ1n) is 8.68. The summed E-state index contributed by atoms with van der Waals surface area (Å²) in [6, 6.07) is 8.83. The lowest BCUT2D eigenvalue weighted by molar-refractivity contribution is 0.593. The van der Waals surface area contributed by atoms with Gasteiger partial charge in [-0.15, -0.1) is 0 Å². The third-order valence-electron chi connectivity index (χ3n) is 4.93. The van der Waals surface area contributed by atoms with E-state index in [2.05, 4.69) is 25.3 Å². The normalized spacial score (nSPS) is 15.2. The lowest BCUT2D eigenvalue weighted by atomic mass is 10.2. The lowest BCUT2D eigenvalue weighted by Crippen LogP contribution is -2.32. The number of pyridine rings is 1. The van der Waals surface area contributed by atoms with Gasteiger partial charge in [0.05, 0.1) is 11.6 Å². The minimum atomic E-state index is -3.82. The Bertz CT molecular complexity index is 1270. The van der Waals surface area contributed by atoms with Crippen LogP contribution in [0.1, 0.15) is 5.56 Å². The molecule has 1 fully saturated rings. The Morgan fingerprint density at radius 1 is 1.19 bits per heavy atom. The van der Waals surface area contributed by atoms with Gasteiger partial charge >= 0.3 is 0 Å². The average Bonchev–Trinajstić information content (AvgIpc) is 3.39. The number of nitrogens with zero attached hydrogens (tertiary/aromatic N) is 4. The zero-order valence-electron chi connectivity index (χ0n) is 14.7. The highest BCUT2D eigenvalue weighted by atomic mass is 32.2. The van der Waals surface area contributed by atoms with Crippen molar-refractivity contribution in [1.29, 1.82) is 0 Å². The van der Waals surface area contributed by atoms with Crippen molar-refractivity contribution in [2.75, 3.05) is 24.8 Å². The van der Waals surface area contributed by atoms with E-state index < -0.39 is 9.84 Å². The molecule has 8 nitrogen and oxygen atoms in total. The van der Waals surface area contributed by atoms with Gasteiger partial charge < -0.3 is 4.98 Å². The predicted octanol–water partition coefficient (Wildman–Crippen LogP) is 1.55. The molecular formula is C18H18N6O2S. The summed E-state index contributed by atoms with van der Waals surface area (Å²) in [6.45, 7) is 4.15. The molecule has 0 spiro atoms. The van der Waals surface area contributed by atoms with E-state index in [0.717, 1.165) is 24.0 Å². The van der Waals surface area contributed by atoms with Crippen molar-refractivity contribution in [2.45, 2.75) is 16.8 Å². The quantitative estimate of drug-likeness (QED) is 0.558. The van der Waals surface area contributed by atoms with Gasteiger partial charge in [0.1, 0.15) is 23.0 Å². The van der Waals surface area contributed by atoms with Crippen LogP contribution >= 0.6 is 0 Å². The lowest BCUT2D eigenvalue weighted by Gasteiger charge is -2.19.